The van der Waals surface area contributed by atoms with E-state index in [0.29, 0.717) is 28.1 Å². The first-order valence-corrected chi connectivity index (χ1v) is 8.79. The molecule has 1 heterocycles. The first-order chi connectivity index (χ1) is 14.0. The van der Waals surface area contributed by atoms with Crippen molar-refractivity contribution in [3.8, 4) is 0 Å². The number of benzene rings is 2. The van der Waals surface area contributed by atoms with Gasteiger partial charge in [-0.15, -0.1) is 0 Å². The number of anilines is 3. The van der Waals surface area contributed by atoms with Crippen LogP contribution in [0.5, 0.6) is 0 Å². The van der Waals surface area contributed by atoms with Crippen molar-refractivity contribution >= 4 is 34.7 Å². The Labute approximate surface area is 167 Å². The molecule has 0 spiro atoms. The number of methoxy groups -OCH3 is 1. The topological polar surface area (TPSA) is 97.4 Å². The van der Waals surface area contributed by atoms with Crippen molar-refractivity contribution in [3.05, 3.63) is 83.7 Å². The lowest BCUT2D eigenvalue weighted by molar-refractivity contribution is 0.0600. The molecule has 0 saturated carbocycles. The Kier molecular flexibility index (Phi) is 5.99. The van der Waals surface area contributed by atoms with Gasteiger partial charge in [0.05, 0.1) is 30.1 Å². The number of carbonyl (C=O) groups excluding carboxylic acids is 3. The minimum Gasteiger partial charge on any atom is -0.465 e. The van der Waals surface area contributed by atoms with Gasteiger partial charge in [0.25, 0.3) is 5.91 Å². The molecule has 3 aromatic rings. The first-order valence-electron chi connectivity index (χ1n) is 8.79. The Hall–Kier alpha value is -4.00. The van der Waals surface area contributed by atoms with Gasteiger partial charge in [-0.05, 0) is 55.5 Å². The Morgan fingerprint density at radius 2 is 1.55 bits per heavy atom. The average molecular weight is 389 g/mol. The molecule has 29 heavy (non-hydrogen) atoms. The van der Waals surface area contributed by atoms with E-state index in [1.807, 2.05) is 0 Å². The molecule has 1 aromatic heterocycles. The van der Waals surface area contributed by atoms with Crippen LogP contribution >= 0.6 is 0 Å². The highest BCUT2D eigenvalue weighted by atomic mass is 16.5. The van der Waals surface area contributed by atoms with Crippen LogP contribution < -0.4 is 10.6 Å². The predicted molar refractivity (Wildman–Crippen MR) is 110 cm³/mol. The maximum Gasteiger partial charge on any atom is 0.337 e. The van der Waals surface area contributed by atoms with Crippen LogP contribution in [0.25, 0.3) is 0 Å². The maximum absolute atomic E-state index is 12.6. The molecule has 7 nitrogen and oxygen atoms in total. The summed E-state index contributed by atoms with van der Waals surface area (Å²) in [7, 11) is 1.30. The molecule has 1 amide bonds. The van der Waals surface area contributed by atoms with Gasteiger partial charge in [0, 0.05) is 23.1 Å². The third-order valence-electron chi connectivity index (χ3n) is 4.12. The molecule has 0 saturated heterocycles. The Bertz CT molecular complexity index is 1060. The number of amides is 1. The molecule has 0 aliphatic carbocycles. The number of pyridine rings is 1. The van der Waals surface area contributed by atoms with Crippen LogP contribution in [0.3, 0.4) is 0 Å². The summed E-state index contributed by atoms with van der Waals surface area (Å²) >= 11 is 0. The summed E-state index contributed by atoms with van der Waals surface area (Å²) in [5.74, 6) is -0.854. The first kappa shape index (κ1) is 19.8. The number of ether oxygens (including phenoxy) is 1. The number of hydrogen-bond acceptors (Lipinski definition) is 6. The largest absolute Gasteiger partial charge is 0.465 e. The number of hydrogen-bond donors (Lipinski definition) is 2. The van der Waals surface area contributed by atoms with Crippen LogP contribution in [-0.4, -0.2) is 29.8 Å². The van der Waals surface area contributed by atoms with Crippen molar-refractivity contribution in [2.45, 2.75) is 6.92 Å². The molecule has 0 bridgehead atoms. The van der Waals surface area contributed by atoms with Crippen LogP contribution in [-0.2, 0) is 4.74 Å². The van der Waals surface area contributed by atoms with E-state index in [1.165, 1.54) is 26.3 Å². The van der Waals surface area contributed by atoms with E-state index < -0.39 is 5.97 Å². The van der Waals surface area contributed by atoms with Crippen LogP contribution in [0.15, 0.2) is 67.0 Å². The molecule has 2 aromatic carbocycles. The summed E-state index contributed by atoms with van der Waals surface area (Å²) in [5.41, 5.74) is 3.16. The number of esters is 1. The lowest BCUT2D eigenvalue weighted by Gasteiger charge is -2.10. The molecule has 2 N–H and O–H groups in total. The van der Waals surface area contributed by atoms with Crippen molar-refractivity contribution in [3.63, 3.8) is 0 Å². The summed E-state index contributed by atoms with van der Waals surface area (Å²) in [6.07, 6.45) is 3.04. The number of rotatable bonds is 6. The summed E-state index contributed by atoms with van der Waals surface area (Å²) in [6, 6.07) is 15.1. The van der Waals surface area contributed by atoms with E-state index in [9.17, 15) is 14.4 Å². The smallest absolute Gasteiger partial charge is 0.337 e. The van der Waals surface area contributed by atoms with Gasteiger partial charge >= 0.3 is 5.97 Å². The van der Waals surface area contributed by atoms with Gasteiger partial charge in [-0.3, -0.25) is 14.6 Å². The second kappa shape index (κ2) is 8.79. The highest BCUT2D eigenvalue weighted by molar-refractivity contribution is 6.05. The molecule has 3 rings (SSSR count). The second-order valence-electron chi connectivity index (χ2n) is 6.25. The molecule has 0 aliphatic heterocycles. The number of Topliss-reactive ketones (excluding diaryl/α,β-unsaturated/α-hetero) is 1. The monoisotopic (exact) mass is 389 g/mol. The predicted octanol–water partition coefficient (Wildman–Crippen LogP) is 4.07. The Balaban J connectivity index is 1.72. The summed E-state index contributed by atoms with van der Waals surface area (Å²) < 4.78 is 4.69. The molecular formula is C22H19N3O4. The fourth-order valence-electron chi connectivity index (χ4n) is 2.63. The minimum absolute atomic E-state index is 0.00634. The van der Waals surface area contributed by atoms with Gasteiger partial charge < -0.3 is 15.4 Å². The van der Waals surface area contributed by atoms with Crippen molar-refractivity contribution in [1.82, 2.24) is 4.98 Å². The van der Waals surface area contributed by atoms with Gasteiger partial charge in [-0.25, -0.2) is 4.79 Å². The third kappa shape index (κ3) is 5.04. The van der Waals surface area contributed by atoms with Crippen molar-refractivity contribution in [2.75, 3.05) is 17.7 Å². The van der Waals surface area contributed by atoms with Crippen molar-refractivity contribution in [2.24, 2.45) is 0 Å². The van der Waals surface area contributed by atoms with E-state index in [4.69, 9.17) is 0 Å². The zero-order valence-corrected chi connectivity index (χ0v) is 15.9. The van der Waals surface area contributed by atoms with Crippen molar-refractivity contribution in [1.29, 1.82) is 0 Å². The lowest BCUT2D eigenvalue weighted by atomic mass is 10.1. The molecule has 7 heteroatoms. The molecule has 0 atom stereocenters. The SMILES string of the molecule is COC(=O)c1cccc(NC(=O)c2cncc(Nc3ccc(C(C)=O)cc3)c2)c1. The maximum atomic E-state index is 12.6. The van der Waals surface area contributed by atoms with E-state index in [0.717, 1.165) is 5.69 Å². The highest BCUT2D eigenvalue weighted by Crippen LogP contribution is 2.19. The van der Waals surface area contributed by atoms with E-state index in [1.54, 1.807) is 54.7 Å². The molecule has 0 aliphatic rings. The van der Waals surface area contributed by atoms with Crippen LogP contribution in [0, 0.1) is 0 Å². The second-order valence-corrected chi connectivity index (χ2v) is 6.25. The summed E-state index contributed by atoms with van der Waals surface area (Å²) in [5, 5.41) is 5.88. The standard InChI is InChI=1S/C22H19N3O4/c1-14(26)15-6-8-18(9-7-15)24-20-11-17(12-23-13-20)21(27)25-19-5-3-4-16(10-19)22(28)29-2/h3-13,24H,1-2H3,(H,25,27). The van der Waals surface area contributed by atoms with Gasteiger partial charge in [-0.2, -0.15) is 0 Å². The third-order valence-corrected chi connectivity index (χ3v) is 4.12. The van der Waals surface area contributed by atoms with Crippen molar-refractivity contribution < 1.29 is 19.1 Å². The normalized spacial score (nSPS) is 10.1. The number of aromatic nitrogens is 1. The Morgan fingerprint density at radius 3 is 2.24 bits per heavy atom. The zero-order valence-electron chi connectivity index (χ0n) is 15.9. The summed E-state index contributed by atoms with van der Waals surface area (Å²) in [6.45, 7) is 1.51. The van der Waals surface area contributed by atoms with Gasteiger partial charge in [0.2, 0.25) is 0 Å². The lowest BCUT2D eigenvalue weighted by Crippen LogP contribution is -2.13. The van der Waals surface area contributed by atoms with Gasteiger partial charge in [-0.1, -0.05) is 6.07 Å². The minimum atomic E-state index is -0.482. The summed E-state index contributed by atoms with van der Waals surface area (Å²) in [4.78, 5) is 39.6. The van der Waals surface area contributed by atoms with E-state index in [2.05, 4.69) is 20.4 Å². The molecule has 0 radical (unpaired) electrons. The average Bonchev–Trinajstić information content (AvgIpc) is 2.74. The molecule has 0 fully saturated rings. The fraction of sp³-hybridized carbons (Fsp3) is 0.0909. The van der Waals surface area contributed by atoms with E-state index >= 15 is 0 Å². The van der Waals surface area contributed by atoms with Gasteiger partial charge in [0.15, 0.2) is 5.78 Å². The van der Waals surface area contributed by atoms with Gasteiger partial charge in [0.1, 0.15) is 0 Å². The zero-order chi connectivity index (χ0) is 20.8. The van der Waals surface area contributed by atoms with Crippen LogP contribution in [0.4, 0.5) is 17.1 Å². The highest BCUT2D eigenvalue weighted by Gasteiger charge is 2.11. The van der Waals surface area contributed by atoms with Crippen LogP contribution in [0.2, 0.25) is 0 Å². The van der Waals surface area contributed by atoms with E-state index in [-0.39, 0.29) is 11.7 Å². The number of nitrogens with zero attached hydrogens (tertiary/aromatic N) is 1. The molecule has 146 valence electrons. The Morgan fingerprint density at radius 1 is 0.828 bits per heavy atom. The number of nitrogens with one attached hydrogen (secondary N) is 2. The van der Waals surface area contributed by atoms with Crippen LogP contribution in [0.1, 0.15) is 38.0 Å². The molecular weight excluding hydrogens is 370 g/mol. The quantitative estimate of drug-likeness (QED) is 0.487. The number of carbonyl (C=O) groups is 3. The number of ketones is 1. The fourth-order valence-corrected chi connectivity index (χ4v) is 2.63. The molecule has 0 unspecified atom stereocenters.